The summed E-state index contributed by atoms with van der Waals surface area (Å²) in [7, 11) is -3.19. The second-order valence-corrected chi connectivity index (χ2v) is 8.65. The van der Waals surface area contributed by atoms with Gasteiger partial charge in [-0.3, -0.25) is 9.48 Å². The first kappa shape index (κ1) is 16.9. The summed E-state index contributed by atoms with van der Waals surface area (Å²) in [5.74, 6) is 0.0344. The monoisotopic (exact) mass is 300 g/mol. The largest absolute Gasteiger partial charge is 0.298 e. The minimum Gasteiger partial charge on any atom is -0.298 e. The third-order valence-electron chi connectivity index (χ3n) is 3.47. The Balaban J connectivity index is 3.06. The minimum absolute atomic E-state index is 0.0344. The van der Waals surface area contributed by atoms with Crippen LogP contribution in [0.25, 0.3) is 0 Å². The highest BCUT2D eigenvalue weighted by molar-refractivity contribution is 7.92. The lowest BCUT2D eigenvalue weighted by Gasteiger charge is -2.19. The van der Waals surface area contributed by atoms with E-state index in [-0.39, 0.29) is 5.75 Å². The molecule has 20 heavy (non-hydrogen) atoms. The van der Waals surface area contributed by atoms with Gasteiger partial charge < -0.3 is 0 Å². The zero-order chi connectivity index (χ0) is 15.6. The van der Waals surface area contributed by atoms with Crippen LogP contribution in [0.3, 0.4) is 0 Å². The third-order valence-corrected chi connectivity index (χ3v) is 6.05. The Hall–Kier alpha value is -1.17. The van der Waals surface area contributed by atoms with E-state index >= 15 is 0 Å². The summed E-state index contributed by atoms with van der Waals surface area (Å²) >= 11 is 0. The van der Waals surface area contributed by atoms with E-state index in [0.29, 0.717) is 24.9 Å². The highest BCUT2D eigenvalue weighted by Gasteiger charge is 2.29. The molecule has 0 atom stereocenters. The second kappa shape index (κ2) is 6.08. The number of nitrogens with zero attached hydrogens (tertiary/aromatic N) is 2. The molecule has 0 N–H and O–H groups in total. The summed E-state index contributed by atoms with van der Waals surface area (Å²) in [4.78, 5) is 11.2. The Morgan fingerprint density at radius 1 is 1.20 bits per heavy atom. The fraction of sp³-hybridized carbons (Fsp3) is 0.714. The normalized spacial score (nSPS) is 12.7. The Morgan fingerprint density at radius 2 is 1.80 bits per heavy atom. The number of carbonyl (C=O) groups is 1. The first-order chi connectivity index (χ1) is 9.17. The van der Waals surface area contributed by atoms with Crippen molar-refractivity contribution in [3.05, 3.63) is 17.0 Å². The molecule has 6 heteroatoms. The minimum atomic E-state index is -3.19. The first-order valence-electron chi connectivity index (χ1n) is 6.94. The van der Waals surface area contributed by atoms with Crippen LogP contribution < -0.4 is 0 Å². The van der Waals surface area contributed by atoms with Gasteiger partial charge in [0.2, 0.25) is 0 Å². The summed E-state index contributed by atoms with van der Waals surface area (Å²) in [6, 6.07) is 0. The van der Waals surface area contributed by atoms with Gasteiger partial charge in [0.1, 0.15) is 0 Å². The molecule has 0 saturated heterocycles. The Labute approximate surface area is 121 Å². The highest BCUT2D eigenvalue weighted by atomic mass is 32.2. The van der Waals surface area contributed by atoms with Gasteiger partial charge in [-0.1, -0.05) is 13.8 Å². The molecule has 1 aromatic rings. The average molecular weight is 300 g/mol. The van der Waals surface area contributed by atoms with E-state index < -0.39 is 14.6 Å². The number of aryl methyl sites for hydroxylation is 2. The molecule has 1 heterocycles. The van der Waals surface area contributed by atoms with Crippen molar-refractivity contribution >= 4 is 16.1 Å². The topological polar surface area (TPSA) is 69.0 Å². The van der Waals surface area contributed by atoms with Crippen molar-refractivity contribution in [2.24, 2.45) is 0 Å². The Morgan fingerprint density at radius 3 is 2.20 bits per heavy atom. The van der Waals surface area contributed by atoms with Gasteiger partial charge in [-0.25, -0.2) is 8.42 Å². The zero-order valence-corrected chi connectivity index (χ0v) is 13.7. The molecular formula is C14H24N2O3S. The van der Waals surface area contributed by atoms with Gasteiger partial charge in [0.15, 0.2) is 16.1 Å². The maximum atomic E-state index is 12.1. The van der Waals surface area contributed by atoms with Crippen LogP contribution in [0.1, 0.15) is 56.4 Å². The van der Waals surface area contributed by atoms with Crippen LogP contribution in [0.5, 0.6) is 0 Å². The van der Waals surface area contributed by atoms with E-state index in [1.54, 1.807) is 25.5 Å². The van der Waals surface area contributed by atoms with E-state index in [4.69, 9.17) is 0 Å². The molecule has 0 bridgehead atoms. The molecule has 0 saturated carbocycles. The van der Waals surface area contributed by atoms with Gasteiger partial charge in [-0.2, -0.15) is 5.10 Å². The summed E-state index contributed by atoms with van der Waals surface area (Å²) in [5, 5.41) is 4.38. The van der Waals surface area contributed by atoms with Crippen LogP contribution in [-0.4, -0.2) is 35.0 Å². The molecule has 0 spiro atoms. The van der Waals surface area contributed by atoms with Crippen LogP contribution >= 0.6 is 0 Å². The zero-order valence-electron chi connectivity index (χ0n) is 12.9. The lowest BCUT2D eigenvalue weighted by Crippen LogP contribution is -2.32. The molecule has 0 aliphatic heterocycles. The van der Waals surface area contributed by atoms with Crippen molar-refractivity contribution in [1.82, 2.24) is 9.78 Å². The molecule has 0 aliphatic carbocycles. The summed E-state index contributed by atoms with van der Waals surface area (Å²) in [6.07, 6.45) is 2.15. The van der Waals surface area contributed by atoms with Gasteiger partial charge in [0.25, 0.3) is 0 Å². The summed E-state index contributed by atoms with van der Waals surface area (Å²) in [6.45, 7) is 9.26. The predicted octanol–water partition coefficient (Wildman–Crippen LogP) is 2.03. The highest BCUT2D eigenvalue weighted by Crippen LogP contribution is 2.18. The SMILES string of the molecule is CCc1nn(CCS(=O)(=O)C(C)(C)C)c(CC)c1C=O. The van der Waals surface area contributed by atoms with Crippen LogP contribution in [0, 0.1) is 0 Å². The van der Waals surface area contributed by atoms with Gasteiger partial charge in [0, 0.05) is 5.69 Å². The number of carbonyl (C=O) groups excluding carboxylic acids is 1. The van der Waals surface area contributed by atoms with Crippen molar-refractivity contribution in [3.63, 3.8) is 0 Å². The molecule has 0 amide bonds. The van der Waals surface area contributed by atoms with Crippen LogP contribution in [0.2, 0.25) is 0 Å². The van der Waals surface area contributed by atoms with Crippen molar-refractivity contribution in [1.29, 1.82) is 0 Å². The van der Waals surface area contributed by atoms with Gasteiger partial charge >= 0.3 is 0 Å². The molecule has 5 nitrogen and oxygen atoms in total. The van der Waals surface area contributed by atoms with Crippen LogP contribution in [0.4, 0.5) is 0 Å². The lowest BCUT2D eigenvalue weighted by atomic mass is 10.1. The molecular weight excluding hydrogens is 276 g/mol. The third kappa shape index (κ3) is 3.29. The molecule has 114 valence electrons. The predicted molar refractivity (Wildman–Crippen MR) is 79.9 cm³/mol. The van der Waals surface area contributed by atoms with Crippen LogP contribution in [0.15, 0.2) is 0 Å². The summed E-state index contributed by atoms with van der Waals surface area (Å²) in [5.41, 5.74) is 2.18. The standard InChI is InChI=1S/C14H24N2O3S/c1-6-12-11(10-17)13(7-2)16(15-12)8-9-20(18,19)14(3,4)5/h10H,6-9H2,1-5H3. The van der Waals surface area contributed by atoms with Crippen molar-refractivity contribution in [2.45, 2.75) is 58.8 Å². The number of rotatable bonds is 6. The van der Waals surface area contributed by atoms with E-state index in [2.05, 4.69) is 5.10 Å². The average Bonchev–Trinajstić information content (AvgIpc) is 2.71. The van der Waals surface area contributed by atoms with E-state index in [1.165, 1.54) is 0 Å². The molecule has 1 aromatic heterocycles. The Bertz CT molecular complexity index is 580. The maximum Gasteiger partial charge on any atom is 0.157 e. The molecule has 1 rings (SSSR count). The van der Waals surface area contributed by atoms with E-state index in [1.807, 2.05) is 13.8 Å². The first-order valence-corrected chi connectivity index (χ1v) is 8.59. The number of sulfone groups is 1. The van der Waals surface area contributed by atoms with E-state index in [9.17, 15) is 13.2 Å². The second-order valence-electron chi connectivity index (χ2n) is 5.79. The smallest absolute Gasteiger partial charge is 0.157 e. The number of hydrogen-bond donors (Lipinski definition) is 0. The number of hydrogen-bond acceptors (Lipinski definition) is 4. The van der Waals surface area contributed by atoms with Gasteiger partial charge in [0.05, 0.1) is 28.3 Å². The van der Waals surface area contributed by atoms with Crippen molar-refractivity contribution < 1.29 is 13.2 Å². The molecule has 0 radical (unpaired) electrons. The van der Waals surface area contributed by atoms with Crippen LogP contribution in [-0.2, 0) is 29.2 Å². The van der Waals surface area contributed by atoms with Gasteiger partial charge in [-0.15, -0.1) is 0 Å². The number of aromatic nitrogens is 2. The Kier molecular flexibility index (Phi) is 5.13. The van der Waals surface area contributed by atoms with E-state index in [0.717, 1.165) is 17.7 Å². The molecule has 0 fully saturated rings. The molecule has 0 aliphatic rings. The quantitative estimate of drug-likeness (QED) is 0.754. The van der Waals surface area contributed by atoms with Gasteiger partial charge in [-0.05, 0) is 33.6 Å². The van der Waals surface area contributed by atoms with Crippen molar-refractivity contribution in [3.8, 4) is 0 Å². The maximum absolute atomic E-state index is 12.1. The number of aldehydes is 1. The molecule has 0 unspecified atom stereocenters. The fourth-order valence-electron chi connectivity index (χ4n) is 2.03. The lowest BCUT2D eigenvalue weighted by molar-refractivity contribution is 0.112. The van der Waals surface area contributed by atoms with Crippen molar-refractivity contribution in [2.75, 3.05) is 5.75 Å². The molecule has 0 aromatic carbocycles. The summed E-state index contributed by atoms with van der Waals surface area (Å²) < 4.78 is 25.2. The fourth-order valence-corrected chi connectivity index (χ4v) is 3.06.